The van der Waals surface area contributed by atoms with Gasteiger partial charge < -0.3 is 0 Å². The molecule has 0 fully saturated rings. The fourth-order valence-corrected chi connectivity index (χ4v) is 2.36. The number of rotatable bonds is 9. The molecule has 0 N–H and O–H groups in total. The predicted molar refractivity (Wildman–Crippen MR) is 85.8 cm³/mol. The van der Waals surface area contributed by atoms with Crippen LogP contribution < -0.4 is 0 Å². The number of carbonyl (C=O) groups is 1. The minimum Gasteiger partial charge on any atom is -0.295 e. The lowest BCUT2D eigenvalue weighted by molar-refractivity contribution is -0.462. The summed E-state index contributed by atoms with van der Waals surface area (Å²) in [6, 6.07) is 0.488. The Balaban J connectivity index is 3.63. The van der Waals surface area contributed by atoms with Gasteiger partial charge in [-0.1, -0.05) is 30.3 Å². The molecule has 0 spiro atoms. The quantitative estimate of drug-likeness (QED) is 0.222. The van der Waals surface area contributed by atoms with Crippen LogP contribution in [0.3, 0.4) is 0 Å². The second kappa shape index (κ2) is 8.78. The minimum absolute atomic E-state index is 0.160. The van der Waals surface area contributed by atoms with Crippen molar-refractivity contribution in [2.45, 2.75) is 54.6 Å². The number of benzene rings is 1. The van der Waals surface area contributed by atoms with Crippen molar-refractivity contribution in [3.8, 4) is 0 Å². The van der Waals surface area contributed by atoms with Gasteiger partial charge in [-0.15, -0.1) is 0 Å². The first-order valence-electron chi connectivity index (χ1n) is 8.65. The molecule has 0 radical (unpaired) electrons. The van der Waals surface area contributed by atoms with Gasteiger partial charge in [0.05, 0.1) is 0 Å². The van der Waals surface area contributed by atoms with E-state index in [1.165, 1.54) is 0 Å². The molecule has 1 aromatic rings. The Labute approximate surface area is 188 Å². The highest BCUT2D eigenvalue weighted by molar-refractivity contribution is 5.91. The number of halogens is 17. The third-order valence-electron chi connectivity index (χ3n) is 4.51. The molecule has 0 heterocycles. The first-order valence-corrected chi connectivity index (χ1v) is 8.65. The van der Waals surface area contributed by atoms with Crippen LogP contribution in [0.5, 0.6) is 0 Å². The molecule has 0 aliphatic carbocycles. The van der Waals surface area contributed by atoms with Gasteiger partial charge in [0.15, 0.2) is 5.78 Å². The lowest BCUT2D eigenvalue weighted by Gasteiger charge is -2.42. The Morgan fingerprint density at radius 3 is 1.22 bits per heavy atom. The topological polar surface area (TPSA) is 17.1 Å². The summed E-state index contributed by atoms with van der Waals surface area (Å²) >= 11 is 0. The highest BCUT2D eigenvalue weighted by atomic mass is 19.4. The van der Waals surface area contributed by atoms with Crippen LogP contribution in [0, 0.1) is 0 Å². The summed E-state index contributed by atoms with van der Waals surface area (Å²) in [7, 11) is 0. The number of ketones is 1. The predicted octanol–water partition coefficient (Wildman–Crippen LogP) is 7.75. The molecule has 0 aliphatic rings. The summed E-state index contributed by atoms with van der Waals surface area (Å²) in [5, 5.41) is 0. The summed E-state index contributed by atoms with van der Waals surface area (Å²) in [5.74, 6) is -57.4. The fourth-order valence-electron chi connectivity index (χ4n) is 2.36. The summed E-state index contributed by atoms with van der Waals surface area (Å²) in [5.41, 5.74) is -2.58. The Kier molecular flexibility index (Phi) is 7.67. The molecule has 0 saturated carbocycles. The van der Waals surface area contributed by atoms with Crippen molar-refractivity contribution in [2.75, 3.05) is 0 Å². The Hall–Kier alpha value is -2.56. The second-order valence-electron chi connectivity index (χ2n) is 7.08. The van der Waals surface area contributed by atoms with Gasteiger partial charge in [-0.2, -0.15) is 74.6 Å². The molecule has 0 aromatic heterocycles. The highest BCUT2D eigenvalue weighted by Gasteiger charge is 2.95. The lowest BCUT2D eigenvalue weighted by Crippen LogP contribution is -2.74. The van der Waals surface area contributed by atoms with Crippen LogP contribution in [0.15, 0.2) is 30.3 Å². The SMILES string of the molecule is CC(=O)/C=C/c1ccc(C(F)(F)C(F)(F)C(F)(F)C(F)(F)C(F)(F)C(F)(F)C(F)(F)C(F)(F)F)cc1. The normalized spacial score (nSPS) is 15.5. The molecule has 1 aromatic carbocycles. The standard InChI is InChI=1S/C18H9F17O/c1-8(36)2-3-9-4-6-10(7-5-9)11(19,20)12(21,22)13(23,24)14(25,26)15(27,28)16(29,30)17(31,32)18(33,34)35/h2-7H,1H3/b3-2+. The monoisotopic (exact) mass is 564 g/mol. The molecular formula is C18H9F17O. The maximum Gasteiger partial charge on any atom is 0.460 e. The summed E-state index contributed by atoms with van der Waals surface area (Å²) in [6.45, 7) is 0.992. The van der Waals surface area contributed by atoms with Crippen LogP contribution in [0.25, 0.3) is 6.08 Å². The van der Waals surface area contributed by atoms with Gasteiger partial charge in [0.2, 0.25) is 0 Å². The second-order valence-corrected chi connectivity index (χ2v) is 7.08. The van der Waals surface area contributed by atoms with E-state index >= 15 is 0 Å². The van der Waals surface area contributed by atoms with Crippen molar-refractivity contribution in [2.24, 2.45) is 0 Å². The molecule has 0 atom stereocenters. The van der Waals surface area contributed by atoms with Crippen molar-refractivity contribution in [1.29, 1.82) is 0 Å². The molecule has 0 unspecified atom stereocenters. The summed E-state index contributed by atoms with van der Waals surface area (Å²) in [4.78, 5) is 10.8. The Morgan fingerprint density at radius 2 is 0.889 bits per heavy atom. The number of allylic oxidation sites excluding steroid dienone is 1. The van der Waals surface area contributed by atoms with E-state index < -0.39 is 59.0 Å². The van der Waals surface area contributed by atoms with Crippen LogP contribution in [0.2, 0.25) is 0 Å². The van der Waals surface area contributed by atoms with Crippen molar-refractivity contribution in [1.82, 2.24) is 0 Å². The van der Waals surface area contributed by atoms with Crippen molar-refractivity contribution < 1.29 is 79.4 Å². The van der Waals surface area contributed by atoms with Gasteiger partial charge in [-0.3, -0.25) is 4.79 Å². The molecule has 0 aliphatic heterocycles. The van der Waals surface area contributed by atoms with E-state index in [1.54, 1.807) is 0 Å². The molecule has 0 bridgehead atoms. The largest absolute Gasteiger partial charge is 0.460 e. The molecule has 0 amide bonds. The van der Waals surface area contributed by atoms with E-state index in [0.717, 1.165) is 19.1 Å². The fraction of sp³-hybridized carbons (Fsp3) is 0.500. The number of carbonyl (C=O) groups excluding carboxylic acids is 1. The zero-order chi connectivity index (χ0) is 29.0. The smallest absolute Gasteiger partial charge is 0.295 e. The van der Waals surface area contributed by atoms with Gasteiger partial charge in [-0.25, -0.2) is 0 Å². The van der Waals surface area contributed by atoms with E-state index in [1.807, 2.05) is 0 Å². The van der Waals surface area contributed by atoms with Gasteiger partial charge in [0.25, 0.3) is 0 Å². The van der Waals surface area contributed by atoms with Crippen LogP contribution in [0.1, 0.15) is 18.1 Å². The Bertz CT molecular complexity index is 986. The van der Waals surface area contributed by atoms with Crippen molar-refractivity contribution in [3.63, 3.8) is 0 Å². The summed E-state index contributed by atoms with van der Waals surface area (Å²) < 4.78 is 226. The van der Waals surface area contributed by atoms with Gasteiger partial charge in [0, 0.05) is 5.56 Å². The Morgan fingerprint density at radius 1 is 0.556 bits per heavy atom. The maximum absolute atomic E-state index is 14.1. The average molecular weight is 564 g/mol. The third kappa shape index (κ3) is 4.39. The van der Waals surface area contributed by atoms with Gasteiger partial charge >= 0.3 is 47.6 Å². The van der Waals surface area contributed by atoms with E-state index in [2.05, 4.69) is 0 Å². The van der Waals surface area contributed by atoms with Gasteiger partial charge in [-0.05, 0) is 18.6 Å². The van der Waals surface area contributed by atoms with Crippen LogP contribution in [-0.4, -0.2) is 47.5 Å². The first-order chi connectivity index (χ1) is 15.6. The van der Waals surface area contributed by atoms with E-state index in [9.17, 15) is 79.4 Å². The van der Waals surface area contributed by atoms with Crippen LogP contribution in [0.4, 0.5) is 74.6 Å². The minimum atomic E-state index is -8.66. The molecular weight excluding hydrogens is 555 g/mol. The van der Waals surface area contributed by atoms with E-state index in [4.69, 9.17) is 0 Å². The number of hydrogen-bond acceptors (Lipinski definition) is 1. The molecule has 206 valence electrons. The number of alkyl halides is 17. The van der Waals surface area contributed by atoms with Crippen LogP contribution >= 0.6 is 0 Å². The average Bonchev–Trinajstić information content (AvgIpc) is 2.70. The van der Waals surface area contributed by atoms with Crippen molar-refractivity contribution in [3.05, 3.63) is 41.5 Å². The van der Waals surface area contributed by atoms with Crippen molar-refractivity contribution >= 4 is 11.9 Å². The molecule has 1 nitrogen and oxygen atoms in total. The van der Waals surface area contributed by atoms with Gasteiger partial charge in [0.1, 0.15) is 0 Å². The van der Waals surface area contributed by atoms with Crippen LogP contribution in [-0.2, 0) is 10.7 Å². The molecule has 0 saturated heterocycles. The van der Waals surface area contributed by atoms with E-state index in [0.29, 0.717) is 12.1 Å². The molecule has 36 heavy (non-hydrogen) atoms. The maximum atomic E-state index is 14.1. The van der Waals surface area contributed by atoms with E-state index in [-0.39, 0.29) is 17.7 Å². The zero-order valence-electron chi connectivity index (χ0n) is 16.8. The number of hydrogen-bond donors (Lipinski definition) is 0. The third-order valence-corrected chi connectivity index (χ3v) is 4.51. The lowest BCUT2D eigenvalue weighted by atomic mass is 9.87. The first kappa shape index (κ1) is 31.5. The highest BCUT2D eigenvalue weighted by Crippen LogP contribution is 2.65. The zero-order valence-corrected chi connectivity index (χ0v) is 16.8. The molecule has 18 heteroatoms. The molecule has 1 rings (SSSR count). The summed E-state index contributed by atoms with van der Waals surface area (Å²) in [6.07, 6.45) is -6.15.